The Labute approximate surface area is 215 Å². The van der Waals surface area contributed by atoms with Gasteiger partial charge in [0.05, 0.1) is 23.3 Å². The Morgan fingerprint density at radius 1 is 0.973 bits per heavy atom. The van der Waals surface area contributed by atoms with Gasteiger partial charge in [-0.05, 0) is 42.8 Å². The molecule has 0 radical (unpaired) electrons. The molecule has 1 fully saturated rings. The first kappa shape index (κ1) is 24.6. The average molecular weight is 500 g/mol. The molecule has 0 unspecified atom stereocenters. The molecule has 3 aromatic carbocycles. The van der Waals surface area contributed by atoms with Gasteiger partial charge in [-0.1, -0.05) is 42.5 Å². The lowest BCUT2D eigenvalue weighted by Crippen LogP contribution is -2.48. The molecule has 190 valence electrons. The molecule has 1 aliphatic heterocycles. The highest BCUT2D eigenvalue weighted by atomic mass is 19.1. The summed E-state index contributed by atoms with van der Waals surface area (Å²) in [5.41, 5.74) is 3.75. The minimum atomic E-state index is -0.194. The molecule has 0 aliphatic carbocycles. The van der Waals surface area contributed by atoms with E-state index in [0.717, 1.165) is 38.3 Å². The van der Waals surface area contributed by atoms with Gasteiger partial charge in [0.25, 0.3) is 11.5 Å². The van der Waals surface area contributed by atoms with Gasteiger partial charge >= 0.3 is 0 Å². The van der Waals surface area contributed by atoms with E-state index in [1.54, 1.807) is 35.8 Å². The molecule has 0 bridgehead atoms. The molecule has 2 heterocycles. The fraction of sp³-hybridized carbons (Fsp3) is 0.276. The predicted octanol–water partition coefficient (Wildman–Crippen LogP) is 3.44. The number of anilines is 1. The fourth-order valence-electron chi connectivity index (χ4n) is 4.79. The number of benzene rings is 3. The quantitative estimate of drug-likeness (QED) is 0.422. The Hall–Kier alpha value is -4.04. The molecule has 0 spiro atoms. The third-order valence-corrected chi connectivity index (χ3v) is 6.83. The SMILES string of the molecule is Cc1nc2cc(C(=O)NCCN3CCN(c4ccccc4F)CC3)ccc2n(Cc2ccccc2)c1=O. The van der Waals surface area contributed by atoms with Crippen LogP contribution < -0.4 is 15.8 Å². The van der Waals surface area contributed by atoms with Crippen LogP contribution >= 0.6 is 0 Å². The second-order valence-electron chi connectivity index (χ2n) is 9.31. The van der Waals surface area contributed by atoms with Crippen LogP contribution in [0.1, 0.15) is 21.6 Å². The number of carbonyl (C=O) groups is 1. The van der Waals surface area contributed by atoms with E-state index in [-0.39, 0.29) is 17.3 Å². The van der Waals surface area contributed by atoms with Crippen LogP contribution in [0.25, 0.3) is 11.0 Å². The Bertz CT molecular complexity index is 1460. The van der Waals surface area contributed by atoms with Crippen LogP contribution in [0, 0.1) is 12.7 Å². The van der Waals surface area contributed by atoms with Crippen molar-refractivity contribution in [1.29, 1.82) is 0 Å². The summed E-state index contributed by atoms with van der Waals surface area (Å²) in [6.07, 6.45) is 0. The summed E-state index contributed by atoms with van der Waals surface area (Å²) in [5, 5.41) is 2.99. The molecule has 7 nitrogen and oxygen atoms in total. The van der Waals surface area contributed by atoms with Gasteiger partial charge in [0.1, 0.15) is 11.5 Å². The van der Waals surface area contributed by atoms with E-state index in [1.807, 2.05) is 42.5 Å². The van der Waals surface area contributed by atoms with E-state index >= 15 is 0 Å². The summed E-state index contributed by atoms with van der Waals surface area (Å²) in [4.78, 5) is 34.5. The number of nitrogens with zero attached hydrogens (tertiary/aromatic N) is 4. The minimum absolute atomic E-state index is 0.136. The molecular formula is C29H30FN5O2. The lowest BCUT2D eigenvalue weighted by atomic mass is 10.1. The second-order valence-corrected chi connectivity index (χ2v) is 9.31. The van der Waals surface area contributed by atoms with Gasteiger partial charge in [-0.2, -0.15) is 0 Å². The smallest absolute Gasteiger partial charge is 0.272 e. The van der Waals surface area contributed by atoms with Crippen LogP contribution in [0.3, 0.4) is 0 Å². The maximum atomic E-state index is 14.1. The zero-order chi connectivity index (χ0) is 25.8. The number of hydrogen-bond acceptors (Lipinski definition) is 5. The molecule has 8 heteroatoms. The van der Waals surface area contributed by atoms with Crippen molar-refractivity contribution in [2.75, 3.05) is 44.2 Å². The molecule has 1 N–H and O–H groups in total. The number of para-hydroxylation sites is 1. The van der Waals surface area contributed by atoms with Crippen molar-refractivity contribution in [2.24, 2.45) is 0 Å². The Morgan fingerprint density at radius 3 is 2.46 bits per heavy atom. The zero-order valence-corrected chi connectivity index (χ0v) is 20.9. The largest absolute Gasteiger partial charge is 0.367 e. The Balaban J connectivity index is 1.20. The van der Waals surface area contributed by atoms with E-state index < -0.39 is 0 Å². The summed E-state index contributed by atoms with van der Waals surface area (Å²) in [6, 6.07) is 21.9. The lowest BCUT2D eigenvalue weighted by molar-refractivity contribution is 0.0948. The molecular weight excluding hydrogens is 469 g/mol. The van der Waals surface area contributed by atoms with E-state index in [4.69, 9.17) is 0 Å². The molecule has 1 saturated heterocycles. The third-order valence-electron chi connectivity index (χ3n) is 6.83. The standard InChI is InChI=1S/C29H30FN5O2/c1-21-29(37)35(20-22-7-3-2-4-8-22)27-12-11-23(19-25(27)32-21)28(36)31-13-14-33-15-17-34(18-16-33)26-10-6-5-9-24(26)30/h2-12,19H,13-18,20H2,1H3,(H,31,36). The van der Waals surface area contributed by atoms with E-state index in [2.05, 4.69) is 20.1 Å². The van der Waals surface area contributed by atoms with Gasteiger partial charge in [0, 0.05) is 44.8 Å². The summed E-state index contributed by atoms with van der Waals surface area (Å²) in [5.74, 6) is -0.368. The Kier molecular flexibility index (Phi) is 7.28. The second kappa shape index (κ2) is 10.9. The van der Waals surface area contributed by atoms with Crippen LogP contribution in [0.15, 0.2) is 77.6 Å². The van der Waals surface area contributed by atoms with Crippen LogP contribution in [-0.4, -0.2) is 59.6 Å². The lowest BCUT2D eigenvalue weighted by Gasteiger charge is -2.36. The highest BCUT2D eigenvalue weighted by molar-refractivity contribution is 5.97. The number of amides is 1. The molecule has 0 atom stereocenters. The molecule has 5 rings (SSSR count). The van der Waals surface area contributed by atoms with E-state index in [1.165, 1.54) is 6.07 Å². The number of hydrogen-bond donors (Lipinski definition) is 1. The molecule has 1 amide bonds. The summed E-state index contributed by atoms with van der Waals surface area (Å²) in [6.45, 7) is 6.47. The Morgan fingerprint density at radius 2 is 1.70 bits per heavy atom. The van der Waals surface area contributed by atoms with E-state index in [0.29, 0.717) is 41.1 Å². The number of fused-ring (bicyclic) bond motifs is 1. The number of rotatable bonds is 7. The van der Waals surface area contributed by atoms with Gasteiger partial charge in [-0.15, -0.1) is 0 Å². The van der Waals surface area contributed by atoms with Crippen molar-refractivity contribution in [3.63, 3.8) is 0 Å². The first-order chi connectivity index (χ1) is 18.0. The predicted molar refractivity (Wildman–Crippen MR) is 144 cm³/mol. The van der Waals surface area contributed by atoms with Crippen LogP contribution in [0.2, 0.25) is 0 Å². The summed E-state index contributed by atoms with van der Waals surface area (Å²) in [7, 11) is 0. The highest BCUT2D eigenvalue weighted by Crippen LogP contribution is 2.20. The monoisotopic (exact) mass is 499 g/mol. The van der Waals surface area contributed by atoms with Crippen molar-refractivity contribution in [3.8, 4) is 0 Å². The van der Waals surface area contributed by atoms with Gasteiger partial charge < -0.3 is 14.8 Å². The summed E-state index contributed by atoms with van der Waals surface area (Å²) < 4.78 is 15.8. The molecule has 4 aromatic rings. The number of carbonyl (C=O) groups excluding carboxylic acids is 1. The van der Waals surface area contributed by atoms with Crippen LogP contribution in [0.4, 0.5) is 10.1 Å². The van der Waals surface area contributed by atoms with Gasteiger partial charge in [0.15, 0.2) is 0 Å². The first-order valence-corrected chi connectivity index (χ1v) is 12.5. The summed E-state index contributed by atoms with van der Waals surface area (Å²) >= 11 is 0. The number of halogens is 1. The van der Waals surface area contributed by atoms with Crippen molar-refractivity contribution < 1.29 is 9.18 Å². The molecule has 1 aromatic heterocycles. The maximum absolute atomic E-state index is 14.1. The van der Waals surface area contributed by atoms with Crippen LogP contribution in [-0.2, 0) is 6.54 Å². The number of nitrogens with one attached hydrogen (secondary N) is 1. The molecule has 1 aliphatic rings. The van der Waals surface area contributed by atoms with Gasteiger partial charge in [0.2, 0.25) is 0 Å². The zero-order valence-electron chi connectivity index (χ0n) is 20.9. The maximum Gasteiger partial charge on any atom is 0.272 e. The minimum Gasteiger partial charge on any atom is -0.367 e. The fourth-order valence-corrected chi connectivity index (χ4v) is 4.79. The number of piperazine rings is 1. The van der Waals surface area contributed by atoms with Gasteiger partial charge in [-0.25, -0.2) is 9.37 Å². The molecule has 37 heavy (non-hydrogen) atoms. The highest BCUT2D eigenvalue weighted by Gasteiger charge is 2.19. The van der Waals surface area contributed by atoms with Crippen LogP contribution in [0.5, 0.6) is 0 Å². The van der Waals surface area contributed by atoms with Crippen molar-refractivity contribution in [3.05, 3.63) is 106 Å². The van der Waals surface area contributed by atoms with E-state index in [9.17, 15) is 14.0 Å². The number of aryl methyl sites for hydroxylation is 1. The average Bonchev–Trinajstić information content (AvgIpc) is 2.92. The third kappa shape index (κ3) is 5.54. The molecule has 0 saturated carbocycles. The van der Waals surface area contributed by atoms with Crippen molar-refractivity contribution in [2.45, 2.75) is 13.5 Å². The number of aromatic nitrogens is 2. The van der Waals surface area contributed by atoms with Crippen molar-refractivity contribution >= 4 is 22.6 Å². The first-order valence-electron chi connectivity index (χ1n) is 12.5. The van der Waals surface area contributed by atoms with Gasteiger partial charge in [-0.3, -0.25) is 14.5 Å². The topological polar surface area (TPSA) is 70.5 Å². The van der Waals surface area contributed by atoms with Crippen molar-refractivity contribution in [1.82, 2.24) is 19.8 Å². The normalized spacial score (nSPS) is 14.2.